The van der Waals surface area contributed by atoms with Gasteiger partial charge in [0.05, 0.1) is 11.9 Å². The zero-order valence-electron chi connectivity index (χ0n) is 21.0. The molecule has 4 fully saturated rings. The highest BCUT2D eigenvalue weighted by Crippen LogP contribution is 2.67. The van der Waals surface area contributed by atoms with Crippen molar-refractivity contribution in [3.63, 3.8) is 0 Å². The molecule has 4 aliphatic rings. The number of nitrogens with zero attached hydrogens (tertiary/aromatic N) is 2. The monoisotopic (exact) mass is 449 g/mol. The van der Waals surface area contributed by atoms with Gasteiger partial charge in [0.2, 0.25) is 0 Å². The van der Waals surface area contributed by atoms with Gasteiger partial charge in [-0.2, -0.15) is 5.26 Å². The third-order valence-electron chi connectivity index (χ3n) is 11.0. The number of hydrogen-bond donors (Lipinski definition) is 1. The third kappa shape index (κ3) is 4.09. The van der Waals surface area contributed by atoms with Crippen LogP contribution in [0.1, 0.15) is 84.3 Å². The minimum absolute atomic E-state index is 0.476. The molecule has 8 atom stereocenters. The van der Waals surface area contributed by atoms with Crippen LogP contribution in [-0.2, 0) is 4.74 Å². The summed E-state index contributed by atoms with van der Waals surface area (Å²) in [5.74, 6) is 5.25. The van der Waals surface area contributed by atoms with Gasteiger partial charge in [-0.1, -0.05) is 13.8 Å². The first-order chi connectivity index (χ1) is 16.0. The average Bonchev–Trinajstić information content (AvgIpc) is 3.18. The molecule has 0 aromatic carbocycles. The fourth-order valence-corrected chi connectivity index (χ4v) is 9.03. The molecule has 0 saturated heterocycles. The highest BCUT2D eigenvalue weighted by Gasteiger charge is 2.59. The van der Waals surface area contributed by atoms with E-state index in [0.717, 1.165) is 61.0 Å². The fraction of sp³-hybridized carbons (Fsp3) is 0.793. The summed E-state index contributed by atoms with van der Waals surface area (Å²) in [6, 6.07) is 5.93. The standard InChI is InChI=1S/C29H43N3O/c1-4-33-19-20-11-13-28(2)21(15-20)5-9-25-26-10-6-22(29(26,3)14-12-27(25)28)17-31-24-8-7-23(16-30)32-18-24/h7-8,18,20-22,25-27,31H,4-6,9-15,17,19H2,1-3H3/t20-,21+,22+,25-,26?,27?,28-,29+/m0/s1. The lowest BCUT2D eigenvalue weighted by molar-refractivity contribution is -0.121. The lowest BCUT2D eigenvalue weighted by Gasteiger charge is -2.61. The van der Waals surface area contributed by atoms with Crippen molar-refractivity contribution in [3.05, 3.63) is 24.0 Å². The number of aromatic nitrogens is 1. The largest absolute Gasteiger partial charge is 0.384 e. The molecule has 1 aromatic rings. The highest BCUT2D eigenvalue weighted by molar-refractivity contribution is 5.42. The van der Waals surface area contributed by atoms with Crippen molar-refractivity contribution in [3.8, 4) is 6.07 Å². The predicted octanol–water partition coefficient (Wildman–Crippen LogP) is 6.68. The number of hydrogen-bond acceptors (Lipinski definition) is 4. The van der Waals surface area contributed by atoms with E-state index in [1.54, 1.807) is 0 Å². The normalized spacial score (nSPS) is 42.0. The molecule has 1 N–H and O–H groups in total. The minimum Gasteiger partial charge on any atom is -0.384 e. The van der Waals surface area contributed by atoms with Crippen LogP contribution in [0.2, 0.25) is 0 Å². The number of nitrogens with one attached hydrogen (secondary N) is 1. The molecule has 0 bridgehead atoms. The van der Waals surface area contributed by atoms with Crippen molar-refractivity contribution < 1.29 is 4.74 Å². The van der Waals surface area contributed by atoms with Gasteiger partial charge < -0.3 is 10.1 Å². The van der Waals surface area contributed by atoms with E-state index in [1.807, 2.05) is 18.3 Å². The van der Waals surface area contributed by atoms with Crippen molar-refractivity contribution in [2.24, 2.45) is 46.3 Å². The SMILES string of the molecule is CCOC[C@H]1CC[C@]2(C)C3CC[C@@]4(C)C(CC[C@@H]4CNc4ccc(C#N)nc4)[C@@H]3CC[C@@H]2C1. The predicted molar refractivity (Wildman–Crippen MR) is 133 cm³/mol. The molecule has 0 radical (unpaired) electrons. The van der Waals surface area contributed by atoms with Gasteiger partial charge in [-0.3, -0.25) is 0 Å². The molecule has 0 aliphatic heterocycles. The van der Waals surface area contributed by atoms with Crippen molar-refractivity contribution >= 4 is 5.69 Å². The first kappa shape index (κ1) is 23.2. The van der Waals surface area contributed by atoms with E-state index < -0.39 is 0 Å². The maximum absolute atomic E-state index is 8.99. The molecule has 1 aromatic heterocycles. The topological polar surface area (TPSA) is 57.9 Å². The number of ether oxygens (including phenoxy) is 1. The van der Waals surface area contributed by atoms with Crippen LogP contribution in [0, 0.1) is 57.7 Å². The molecule has 0 amide bonds. The average molecular weight is 450 g/mol. The Labute approximate surface area is 200 Å². The maximum atomic E-state index is 8.99. The molecule has 5 rings (SSSR count). The number of anilines is 1. The Morgan fingerprint density at radius 2 is 1.88 bits per heavy atom. The summed E-state index contributed by atoms with van der Waals surface area (Å²) in [5.41, 5.74) is 2.58. The Bertz CT molecular complexity index is 863. The van der Waals surface area contributed by atoms with Crippen LogP contribution in [0.25, 0.3) is 0 Å². The van der Waals surface area contributed by atoms with Gasteiger partial charge >= 0.3 is 0 Å². The van der Waals surface area contributed by atoms with Gasteiger partial charge in [0, 0.05) is 19.8 Å². The summed E-state index contributed by atoms with van der Waals surface area (Å²) in [5, 5.41) is 12.6. The quantitative estimate of drug-likeness (QED) is 0.526. The Balaban J connectivity index is 1.24. The van der Waals surface area contributed by atoms with Gasteiger partial charge in [0.15, 0.2) is 0 Å². The summed E-state index contributed by atoms with van der Waals surface area (Å²) in [7, 11) is 0. The summed E-state index contributed by atoms with van der Waals surface area (Å²) < 4.78 is 5.82. The lowest BCUT2D eigenvalue weighted by atomic mass is 9.44. The van der Waals surface area contributed by atoms with Crippen LogP contribution in [0.15, 0.2) is 18.3 Å². The molecule has 4 aliphatic carbocycles. The summed E-state index contributed by atoms with van der Waals surface area (Å²) in [6.07, 6.45) is 14.6. The van der Waals surface area contributed by atoms with Gasteiger partial charge in [-0.15, -0.1) is 0 Å². The van der Waals surface area contributed by atoms with Crippen LogP contribution < -0.4 is 5.32 Å². The number of nitriles is 1. The van der Waals surface area contributed by atoms with E-state index in [-0.39, 0.29) is 0 Å². The molecule has 33 heavy (non-hydrogen) atoms. The second-order valence-electron chi connectivity index (χ2n) is 12.2. The fourth-order valence-electron chi connectivity index (χ4n) is 9.03. The van der Waals surface area contributed by atoms with Crippen molar-refractivity contribution in [2.75, 3.05) is 25.1 Å². The Kier molecular flexibility index (Phi) is 6.47. The Morgan fingerprint density at radius 1 is 1.06 bits per heavy atom. The van der Waals surface area contributed by atoms with Gasteiger partial charge in [0.25, 0.3) is 0 Å². The van der Waals surface area contributed by atoms with E-state index in [9.17, 15) is 0 Å². The maximum Gasteiger partial charge on any atom is 0.140 e. The summed E-state index contributed by atoms with van der Waals surface area (Å²) in [6.45, 7) is 10.3. The van der Waals surface area contributed by atoms with E-state index in [4.69, 9.17) is 10.00 Å². The zero-order chi connectivity index (χ0) is 23.1. The van der Waals surface area contributed by atoms with E-state index in [0.29, 0.717) is 16.5 Å². The third-order valence-corrected chi connectivity index (χ3v) is 11.0. The van der Waals surface area contributed by atoms with Crippen molar-refractivity contribution in [1.29, 1.82) is 5.26 Å². The second-order valence-corrected chi connectivity index (χ2v) is 12.2. The van der Waals surface area contributed by atoms with E-state index in [1.165, 1.54) is 57.8 Å². The molecular weight excluding hydrogens is 406 g/mol. The molecular formula is C29H43N3O. The van der Waals surface area contributed by atoms with Gasteiger partial charge in [-0.25, -0.2) is 4.98 Å². The molecule has 180 valence electrons. The van der Waals surface area contributed by atoms with Crippen molar-refractivity contribution in [1.82, 2.24) is 4.98 Å². The summed E-state index contributed by atoms with van der Waals surface area (Å²) in [4.78, 5) is 4.23. The van der Waals surface area contributed by atoms with E-state index >= 15 is 0 Å². The van der Waals surface area contributed by atoms with Crippen LogP contribution >= 0.6 is 0 Å². The van der Waals surface area contributed by atoms with Crippen LogP contribution in [-0.4, -0.2) is 24.7 Å². The molecule has 1 heterocycles. The molecule has 4 heteroatoms. The molecule has 4 saturated carbocycles. The first-order valence-corrected chi connectivity index (χ1v) is 13.7. The Hall–Kier alpha value is -1.60. The summed E-state index contributed by atoms with van der Waals surface area (Å²) >= 11 is 0. The highest BCUT2D eigenvalue weighted by atomic mass is 16.5. The minimum atomic E-state index is 0.476. The number of fused-ring (bicyclic) bond motifs is 5. The molecule has 0 spiro atoms. The van der Waals surface area contributed by atoms with Crippen LogP contribution in [0.3, 0.4) is 0 Å². The van der Waals surface area contributed by atoms with Gasteiger partial charge in [-0.05, 0) is 123 Å². The van der Waals surface area contributed by atoms with Crippen LogP contribution in [0.4, 0.5) is 5.69 Å². The molecule has 4 nitrogen and oxygen atoms in total. The number of rotatable bonds is 6. The van der Waals surface area contributed by atoms with Crippen molar-refractivity contribution in [2.45, 2.75) is 78.6 Å². The second kappa shape index (κ2) is 9.21. The van der Waals surface area contributed by atoms with Gasteiger partial charge in [0.1, 0.15) is 11.8 Å². The zero-order valence-corrected chi connectivity index (χ0v) is 21.0. The van der Waals surface area contributed by atoms with E-state index in [2.05, 4.69) is 37.1 Å². The number of pyridine rings is 1. The van der Waals surface area contributed by atoms with Crippen LogP contribution in [0.5, 0.6) is 0 Å². The lowest BCUT2D eigenvalue weighted by Crippen LogP contribution is -2.54. The smallest absolute Gasteiger partial charge is 0.140 e. The first-order valence-electron chi connectivity index (χ1n) is 13.7. The molecule has 2 unspecified atom stereocenters. The Morgan fingerprint density at radius 3 is 2.64 bits per heavy atom.